The summed E-state index contributed by atoms with van der Waals surface area (Å²) in [6.07, 6.45) is 21.0. The summed E-state index contributed by atoms with van der Waals surface area (Å²) in [4.78, 5) is 0. The second kappa shape index (κ2) is 15.6. The summed E-state index contributed by atoms with van der Waals surface area (Å²) in [5.41, 5.74) is 0.722. The molecule has 9 nitrogen and oxygen atoms in total. The maximum atomic E-state index is 7.46. The number of epoxide rings is 2. The fraction of sp³-hybridized carbons (Fsp3) is 1.00. The molecule has 6 aliphatic rings. The average Bonchev–Trinajstić information content (AvgIpc) is 3.83. The van der Waals surface area contributed by atoms with Crippen molar-refractivity contribution in [3.63, 3.8) is 0 Å². The molecule has 48 heavy (non-hydrogen) atoms. The molecule has 0 aromatic carbocycles. The number of hydrogen-bond donors (Lipinski definition) is 0. The minimum atomic E-state index is -3.18. The van der Waals surface area contributed by atoms with Crippen molar-refractivity contribution in [2.24, 2.45) is 11.8 Å². The van der Waals surface area contributed by atoms with E-state index in [1.807, 2.05) is 21.3 Å². The maximum absolute atomic E-state index is 7.46. The van der Waals surface area contributed by atoms with E-state index in [0.717, 1.165) is 37.8 Å². The topological polar surface area (TPSA) is 89.7 Å². The molecule has 4 aliphatic carbocycles. The van der Waals surface area contributed by atoms with E-state index in [4.69, 9.17) is 39.2 Å². The highest BCUT2D eigenvalue weighted by atomic mass is 28.5. The molecule has 4 saturated carbocycles. The van der Waals surface area contributed by atoms with Gasteiger partial charge in [-0.1, -0.05) is 25.7 Å². The molecule has 10 atom stereocenters. The molecule has 0 bridgehead atoms. The highest BCUT2D eigenvalue weighted by molar-refractivity contribution is 6.89. The first-order chi connectivity index (χ1) is 22.8. The van der Waals surface area contributed by atoms with E-state index in [2.05, 4.69) is 32.7 Å². The third-order valence-corrected chi connectivity index (χ3v) is 34.2. The van der Waals surface area contributed by atoms with Gasteiger partial charge in [0.1, 0.15) is 0 Å². The van der Waals surface area contributed by atoms with Crippen LogP contribution in [0.25, 0.3) is 0 Å². The molecule has 0 amide bonds. The summed E-state index contributed by atoms with van der Waals surface area (Å²) in [6, 6.07) is 1.95. The SMILES string of the molecule is CO[Si](C)(CCC1CCC2OC2C1)O[Si](C)(O[Si](C)(C)O[Si](OC)(O[Si](C)(CCC1CCC2OC2C1)OC)C1CCCC1)C1CCCC1. The zero-order valence-corrected chi connectivity index (χ0v) is 36.5. The normalized spacial score (nSPS) is 36.0. The van der Waals surface area contributed by atoms with Crippen molar-refractivity contribution in [2.75, 3.05) is 21.3 Å². The summed E-state index contributed by atoms with van der Waals surface area (Å²) >= 11 is 0. The fourth-order valence-corrected chi connectivity index (χ4v) is 33.9. The number of hydrogen-bond acceptors (Lipinski definition) is 9. The third kappa shape index (κ3) is 9.44. The van der Waals surface area contributed by atoms with E-state index in [1.165, 1.54) is 77.0 Å². The van der Waals surface area contributed by atoms with E-state index in [-0.39, 0.29) is 5.54 Å². The zero-order valence-electron chi connectivity index (χ0n) is 31.5. The summed E-state index contributed by atoms with van der Waals surface area (Å²) in [6.45, 7) is 11.3. The maximum Gasteiger partial charge on any atom is 0.486 e. The summed E-state index contributed by atoms with van der Waals surface area (Å²) in [5.74, 6) is 1.40. The van der Waals surface area contributed by atoms with E-state index in [9.17, 15) is 0 Å². The van der Waals surface area contributed by atoms with Crippen LogP contribution in [0.15, 0.2) is 0 Å². The van der Waals surface area contributed by atoms with Gasteiger partial charge in [-0.3, -0.25) is 0 Å². The van der Waals surface area contributed by atoms with Gasteiger partial charge >= 0.3 is 43.0 Å². The number of rotatable bonds is 19. The lowest BCUT2D eigenvalue weighted by Crippen LogP contribution is -2.65. The first-order valence-electron chi connectivity index (χ1n) is 19.6. The molecule has 2 saturated heterocycles. The molecule has 0 N–H and O–H groups in total. The van der Waals surface area contributed by atoms with Crippen LogP contribution in [-0.4, -0.2) is 88.8 Å². The Morgan fingerprint density at radius 2 is 0.979 bits per heavy atom. The summed E-state index contributed by atoms with van der Waals surface area (Å²) < 4.78 is 60.6. The monoisotopic (exact) mass is 760 g/mol. The van der Waals surface area contributed by atoms with E-state index in [0.29, 0.717) is 41.8 Å². The van der Waals surface area contributed by atoms with Gasteiger partial charge < -0.3 is 39.2 Å². The van der Waals surface area contributed by atoms with Crippen LogP contribution in [0.3, 0.4) is 0 Å². The average molecular weight is 761 g/mol. The molecule has 0 radical (unpaired) electrons. The van der Waals surface area contributed by atoms with E-state index < -0.39 is 43.0 Å². The van der Waals surface area contributed by atoms with Gasteiger partial charge in [0, 0.05) is 32.4 Å². The van der Waals surface area contributed by atoms with Crippen molar-refractivity contribution in [1.29, 1.82) is 0 Å². The molecule has 10 unspecified atom stereocenters. The number of ether oxygens (including phenoxy) is 2. The van der Waals surface area contributed by atoms with Crippen LogP contribution >= 0.6 is 0 Å². The molecule has 6 fully saturated rings. The smallest absolute Gasteiger partial charge is 0.416 e. The summed E-state index contributed by atoms with van der Waals surface area (Å²) in [7, 11) is -8.30. The highest BCUT2D eigenvalue weighted by Gasteiger charge is 2.60. The van der Waals surface area contributed by atoms with Gasteiger partial charge in [0.2, 0.25) is 0 Å². The lowest BCUT2D eigenvalue weighted by molar-refractivity contribution is 0.139. The Morgan fingerprint density at radius 3 is 1.44 bits per heavy atom. The second-order valence-electron chi connectivity index (χ2n) is 17.1. The van der Waals surface area contributed by atoms with Crippen molar-refractivity contribution >= 4 is 43.0 Å². The van der Waals surface area contributed by atoms with Crippen LogP contribution in [0, 0.1) is 11.8 Å². The Balaban J connectivity index is 1.16. The molecule has 278 valence electrons. The molecule has 0 aromatic heterocycles. The predicted octanol–water partition coefficient (Wildman–Crippen LogP) is 8.65. The van der Waals surface area contributed by atoms with Crippen molar-refractivity contribution in [3.05, 3.63) is 0 Å². The largest absolute Gasteiger partial charge is 0.486 e. The number of fused-ring (bicyclic) bond motifs is 2. The van der Waals surface area contributed by atoms with Gasteiger partial charge in [-0.05, 0) is 134 Å². The summed E-state index contributed by atoms with van der Waals surface area (Å²) in [5, 5.41) is 0. The first-order valence-corrected chi connectivity index (χ1v) is 31.6. The van der Waals surface area contributed by atoms with Crippen molar-refractivity contribution in [1.82, 2.24) is 0 Å². The quantitative estimate of drug-likeness (QED) is 0.0948. The lowest BCUT2D eigenvalue weighted by atomic mass is 9.88. The first kappa shape index (κ1) is 38.4. The fourth-order valence-electron chi connectivity index (χ4n) is 9.76. The Morgan fingerprint density at radius 1 is 0.500 bits per heavy atom. The van der Waals surface area contributed by atoms with Gasteiger partial charge in [0.05, 0.1) is 24.4 Å². The second-order valence-corrected chi connectivity index (χ2v) is 34.8. The van der Waals surface area contributed by atoms with Gasteiger partial charge in [0.25, 0.3) is 0 Å². The molecule has 0 aromatic rings. The minimum absolute atomic E-state index is 0.277. The Labute approximate surface area is 297 Å². The lowest BCUT2D eigenvalue weighted by Gasteiger charge is -2.47. The highest BCUT2D eigenvalue weighted by Crippen LogP contribution is 2.48. The predicted molar refractivity (Wildman–Crippen MR) is 199 cm³/mol. The van der Waals surface area contributed by atoms with Crippen LogP contribution in [0.5, 0.6) is 0 Å². The van der Waals surface area contributed by atoms with E-state index >= 15 is 0 Å². The standard InChI is InChI=1S/C34H68O9Si5/c1-35-45(6,23-21-27-17-19-31-33(25-27)38-31)42-47(8,29-13-9-10-14-29)40-44(4,5)41-48(37-3,30-15-11-12-16-30)43-46(7,36-2)24-22-28-18-20-32-34(26-28)39-32/h27-34H,9-26H2,1-8H3. The van der Waals surface area contributed by atoms with Gasteiger partial charge in [-0.25, -0.2) is 0 Å². The van der Waals surface area contributed by atoms with Crippen LogP contribution in [0.1, 0.15) is 103 Å². The Kier molecular flexibility index (Phi) is 12.5. The third-order valence-electron chi connectivity index (χ3n) is 13.0. The minimum Gasteiger partial charge on any atom is -0.416 e. The molecule has 0 spiro atoms. The molecule has 14 heteroatoms. The molecule has 2 heterocycles. The van der Waals surface area contributed by atoms with Gasteiger partial charge in [-0.15, -0.1) is 0 Å². The zero-order chi connectivity index (χ0) is 34.2. The van der Waals surface area contributed by atoms with Gasteiger partial charge in [-0.2, -0.15) is 0 Å². The van der Waals surface area contributed by atoms with E-state index in [1.54, 1.807) is 0 Å². The van der Waals surface area contributed by atoms with Crippen LogP contribution in [0.2, 0.25) is 55.9 Å². The van der Waals surface area contributed by atoms with Crippen LogP contribution in [-0.2, 0) is 39.2 Å². The molecular weight excluding hydrogens is 693 g/mol. The van der Waals surface area contributed by atoms with Crippen molar-refractivity contribution < 1.29 is 39.2 Å². The van der Waals surface area contributed by atoms with Crippen molar-refractivity contribution in [2.45, 2.75) is 183 Å². The van der Waals surface area contributed by atoms with Gasteiger partial charge in [0.15, 0.2) is 0 Å². The van der Waals surface area contributed by atoms with Crippen LogP contribution < -0.4 is 0 Å². The van der Waals surface area contributed by atoms with Crippen molar-refractivity contribution in [3.8, 4) is 0 Å². The molecule has 6 rings (SSSR count). The Bertz CT molecular complexity index is 1070. The Hall–Kier alpha value is 0.724. The molecular formula is C34H68O9Si5. The van der Waals surface area contributed by atoms with Crippen LogP contribution in [0.4, 0.5) is 0 Å². The molecule has 2 aliphatic heterocycles.